The third-order valence-corrected chi connectivity index (χ3v) is 5.03. The molecular formula is C24H22ClN3O. The summed E-state index contributed by atoms with van der Waals surface area (Å²) in [5, 5.41) is 9.35. The van der Waals surface area contributed by atoms with E-state index in [1.807, 2.05) is 65.5 Å². The maximum absolute atomic E-state index is 6.28. The van der Waals surface area contributed by atoms with Crippen molar-refractivity contribution in [1.29, 1.82) is 0 Å². The quantitative estimate of drug-likeness (QED) is 0.387. The summed E-state index contributed by atoms with van der Waals surface area (Å²) < 4.78 is 8.12. The van der Waals surface area contributed by atoms with Crippen LogP contribution in [0.2, 0.25) is 5.02 Å². The summed E-state index contributed by atoms with van der Waals surface area (Å²) >= 11 is 5.99. The molecule has 5 heteroatoms. The molecule has 29 heavy (non-hydrogen) atoms. The summed E-state index contributed by atoms with van der Waals surface area (Å²) in [6.07, 6.45) is 1.82. The minimum absolute atomic E-state index is 0.142. The Morgan fingerprint density at radius 3 is 2.38 bits per heavy atom. The van der Waals surface area contributed by atoms with Gasteiger partial charge in [0.1, 0.15) is 11.8 Å². The van der Waals surface area contributed by atoms with Crippen LogP contribution in [0.1, 0.15) is 22.8 Å². The fourth-order valence-corrected chi connectivity index (χ4v) is 3.24. The lowest BCUT2D eigenvalue weighted by Gasteiger charge is -2.18. The van der Waals surface area contributed by atoms with Crippen LogP contribution >= 0.6 is 11.6 Å². The molecule has 3 aromatic carbocycles. The minimum Gasteiger partial charge on any atom is -0.367 e. The lowest BCUT2D eigenvalue weighted by atomic mass is 10.1. The van der Waals surface area contributed by atoms with Gasteiger partial charge in [-0.3, -0.25) is 0 Å². The third-order valence-electron chi connectivity index (χ3n) is 4.77. The van der Waals surface area contributed by atoms with Crippen molar-refractivity contribution >= 4 is 11.6 Å². The molecule has 4 nitrogen and oxygen atoms in total. The Morgan fingerprint density at radius 2 is 1.66 bits per heavy atom. The van der Waals surface area contributed by atoms with Crippen LogP contribution in [0.25, 0.3) is 11.3 Å². The van der Waals surface area contributed by atoms with Gasteiger partial charge >= 0.3 is 0 Å². The number of aromatic nitrogens is 3. The SMILES string of the molecule is Cc1ccc(C(Cn2cc(-c3ccccc3)nn2)OCc2ccc(Cl)cc2)cc1. The highest BCUT2D eigenvalue weighted by Gasteiger charge is 2.15. The van der Waals surface area contributed by atoms with Crippen LogP contribution in [-0.2, 0) is 17.9 Å². The van der Waals surface area contributed by atoms with Crippen molar-refractivity contribution in [3.8, 4) is 11.3 Å². The summed E-state index contributed by atoms with van der Waals surface area (Å²) in [6.45, 7) is 3.16. The van der Waals surface area contributed by atoms with Crippen molar-refractivity contribution in [3.05, 3.63) is 107 Å². The Kier molecular flexibility index (Phi) is 6.03. The van der Waals surface area contributed by atoms with Crippen molar-refractivity contribution in [3.63, 3.8) is 0 Å². The Morgan fingerprint density at radius 1 is 0.931 bits per heavy atom. The first-order chi connectivity index (χ1) is 14.2. The number of hydrogen-bond donors (Lipinski definition) is 0. The molecule has 0 aliphatic carbocycles. The van der Waals surface area contributed by atoms with E-state index in [1.54, 1.807) is 0 Å². The zero-order valence-corrected chi connectivity index (χ0v) is 17.0. The summed E-state index contributed by atoms with van der Waals surface area (Å²) in [5.74, 6) is 0. The van der Waals surface area contributed by atoms with Gasteiger partial charge in [0.2, 0.25) is 0 Å². The molecule has 0 aliphatic rings. The lowest BCUT2D eigenvalue weighted by molar-refractivity contribution is 0.0253. The predicted molar refractivity (Wildman–Crippen MR) is 116 cm³/mol. The average Bonchev–Trinajstić information content (AvgIpc) is 3.22. The average molecular weight is 404 g/mol. The van der Waals surface area contributed by atoms with E-state index < -0.39 is 0 Å². The van der Waals surface area contributed by atoms with E-state index in [9.17, 15) is 0 Å². The molecule has 4 rings (SSSR count). The van der Waals surface area contributed by atoms with Gasteiger partial charge < -0.3 is 4.74 Å². The van der Waals surface area contributed by atoms with Crippen molar-refractivity contribution in [2.45, 2.75) is 26.2 Å². The molecule has 1 atom stereocenters. The standard InChI is InChI=1S/C24H22ClN3O/c1-18-7-11-21(12-8-18)24(29-17-19-9-13-22(25)14-10-19)16-28-15-23(26-27-28)20-5-3-2-4-6-20/h2-15,24H,16-17H2,1H3. The lowest BCUT2D eigenvalue weighted by Crippen LogP contribution is -2.13. The van der Waals surface area contributed by atoms with E-state index >= 15 is 0 Å². The van der Waals surface area contributed by atoms with Gasteiger partial charge in [-0.25, -0.2) is 4.68 Å². The first kappa shape index (κ1) is 19.4. The van der Waals surface area contributed by atoms with E-state index in [0.717, 1.165) is 27.4 Å². The number of halogens is 1. The molecule has 4 aromatic rings. The molecule has 0 radical (unpaired) electrons. The van der Waals surface area contributed by atoms with E-state index in [0.29, 0.717) is 13.2 Å². The van der Waals surface area contributed by atoms with Gasteiger partial charge in [0.05, 0.1) is 19.3 Å². The van der Waals surface area contributed by atoms with Crippen LogP contribution in [0.5, 0.6) is 0 Å². The fraction of sp³-hybridized carbons (Fsp3) is 0.167. The van der Waals surface area contributed by atoms with Crippen LogP contribution in [0.15, 0.2) is 85.1 Å². The van der Waals surface area contributed by atoms with Crippen molar-refractivity contribution in [2.24, 2.45) is 0 Å². The number of aryl methyl sites for hydroxylation is 1. The van der Waals surface area contributed by atoms with Gasteiger partial charge in [-0.05, 0) is 30.2 Å². The summed E-state index contributed by atoms with van der Waals surface area (Å²) in [7, 11) is 0. The molecule has 1 heterocycles. The van der Waals surface area contributed by atoms with Crippen LogP contribution < -0.4 is 0 Å². The van der Waals surface area contributed by atoms with Crippen LogP contribution in [0.3, 0.4) is 0 Å². The fourth-order valence-electron chi connectivity index (χ4n) is 3.11. The van der Waals surface area contributed by atoms with E-state index in [1.165, 1.54) is 5.56 Å². The summed E-state index contributed by atoms with van der Waals surface area (Å²) in [5.41, 5.74) is 5.31. The molecule has 0 aliphatic heterocycles. The smallest absolute Gasteiger partial charge is 0.113 e. The topological polar surface area (TPSA) is 39.9 Å². The second-order valence-electron chi connectivity index (χ2n) is 7.03. The minimum atomic E-state index is -0.142. The Hall–Kier alpha value is -2.95. The molecule has 1 unspecified atom stereocenters. The van der Waals surface area contributed by atoms with Crippen molar-refractivity contribution < 1.29 is 4.74 Å². The van der Waals surface area contributed by atoms with E-state index in [2.05, 4.69) is 41.5 Å². The highest BCUT2D eigenvalue weighted by molar-refractivity contribution is 6.30. The second-order valence-corrected chi connectivity index (χ2v) is 7.47. The van der Waals surface area contributed by atoms with Gasteiger partial charge in [-0.15, -0.1) is 5.10 Å². The number of rotatable bonds is 7. The molecule has 0 spiro atoms. The normalized spacial score (nSPS) is 12.1. The first-order valence-corrected chi connectivity index (χ1v) is 9.93. The largest absolute Gasteiger partial charge is 0.367 e. The molecular weight excluding hydrogens is 382 g/mol. The highest BCUT2D eigenvalue weighted by atomic mass is 35.5. The Labute approximate surface area is 175 Å². The van der Waals surface area contributed by atoms with Gasteiger partial charge in [0.25, 0.3) is 0 Å². The monoisotopic (exact) mass is 403 g/mol. The van der Waals surface area contributed by atoms with Crippen molar-refractivity contribution in [1.82, 2.24) is 15.0 Å². The van der Waals surface area contributed by atoms with Crippen LogP contribution in [0.4, 0.5) is 0 Å². The number of hydrogen-bond acceptors (Lipinski definition) is 3. The number of nitrogens with zero attached hydrogens (tertiary/aromatic N) is 3. The van der Waals surface area contributed by atoms with Gasteiger partial charge in [-0.1, -0.05) is 89.1 Å². The summed E-state index contributed by atoms with van der Waals surface area (Å²) in [4.78, 5) is 0. The number of benzene rings is 3. The third kappa shape index (κ3) is 5.11. The van der Waals surface area contributed by atoms with Gasteiger partial charge in [0, 0.05) is 10.6 Å². The van der Waals surface area contributed by atoms with E-state index in [4.69, 9.17) is 16.3 Å². The zero-order valence-electron chi connectivity index (χ0n) is 16.2. The molecule has 1 aromatic heterocycles. The molecule has 0 fully saturated rings. The zero-order chi connectivity index (χ0) is 20.1. The van der Waals surface area contributed by atoms with Crippen LogP contribution in [-0.4, -0.2) is 15.0 Å². The second kappa shape index (κ2) is 9.03. The molecule has 0 saturated carbocycles. The molecule has 146 valence electrons. The molecule has 0 bridgehead atoms. The Bertz CT molecular complexity index is 1040. The van der Waals surface area contributed by atoms with Crippen LogP contribution in [0, 0.1) is 6.92 Å². The maximum Gasteiger partial charge on any atom is 0.113 e. The maximum atomic E-state index is 6.28. The van der Waals surface area contributed by atoms with Gasteiger partial charge in [0.15, 0.2) is 0 Å². The van der Waals surface area contributed by atoms with Crippen molar-refractivity contribution in [2.75, 3.05) is 0 Å². The van der Waals surface area contributed by atoms with Gasteiger partial charge in [-0.2, -0.15) is 0 Å². The predicted octanol–water partition coefficient (Wildman–Crippen LogP) is 5.87. The summed E-state index contributed by atoms with van der Waals surface area (Å²) in [6, 6.07) is 26.2. The molecule has 0 N–H and O–H groups in total. The molecule has 0 amide bonds. The molecule has 0 saturated heterocycles. The first-order valence-electron chi connectivity index (χ1n) is 9.55. The van der Waals surface area contributed by atoms with E-state index in [-0.39, 0.29) is 6.10 Å². The number of ether oxygens (including phenoxy) is 1. The highest BCUT2D eigenvalue weighted by Crippen LogP contribution is 2.23. The Balaban J connectivity index is 1.53.